The van der Waals surface area contributed by atoms with Gasteiger partial charge in [0.2, 0.25) is 5.91 Å². The summed E-state index contributed by atoms with van der Waals surface area (Å²) in [6.07, 6.45) is -0.0307. The van der Waals surface area contributed by atoms with E-state index in [1.165, 1.54) is 7.11 Å². The van der Waals surface area contributed by atoms with Gasteiger partial charge >= 0.3 is 11.9 Å². The first-order valence-electron chi connectivity index (χ1n) is 6.23. The molecule has 0 bridgehead atoms. The van der Waals surface area contributed by atoms with Crippen LogP contribution in [0.2, 0.25) is 0 Å². The number of esters is 1. The molecule has 0 aliphatic heterocycles. The van der Waals surface area contributed by atoms with Crippen molar-refractivity contribution in [1.82, 2.24) is 10.6 Å². The maximum absolute atomic E-state index is 11.7. The highest BCUT2D eigenvalue weighted by atomic mass is 16.5. The molecule has 0 saturated carbocycles. The van der Waals surface area contributed by atoms with Gasteiger partial charge in [0.25, 0.3) is 0 Å². The topological polar surface area (TPSA) is 105 Å². The highest BCUT2D eigenvalue weighted by Crippen LogP contribution is 2.02. The van der Waals surface area contributed by atoms with Gasteiger partial charge in [-0.15, -0.1) is 0 Å². The minimum absolute atomic E-state index is 0.0155. The highest BCUT2D eigenvalue weighted by molar-refractivity contribution is 5.85. The molecule has 7 nitrogen and oxygen atoms in total. The molecular formula is C12H22N2O5. The second kappa shape index (κ2) is 9.32. The Balaban J connectivity index is 4.29. The molecule has 3 N–H and O–H groups in total. The minimum Gasteiger partial charge on any atom is -0.480 e. The van der Waals surface area contributed by atoms with Crippen LogP contribution < -0.4 is 10.6 Å². The van der Waals surface area contributed by atoms with Crippen LogP contribution in [0, 0.1) is 5.92 Å². The molecule has 19 heavy (non-hydrogen) atoms. The smallest absolute Gasteiger partial charge is 0.326 e. The Morgan fingerprint density at radius 2 is 1.95 bits per heavy atom. The van der Waals surface area contributed by atoms with E-state index in [4.69, 9.17) is 5.11 Å². The Labute approximate surface area is 112 Å². The number of nitrogens with one attached hydrogen (secondary N) is 2. The largest absolute Gasteiger partial charge is 0.480 e. The monoisotopic (exact) mass is 274 g/mol. The van der Waals surface area contributed by atoms with Gasteiger partial charge in [-0.3, -0.25) is 9.59 Å². The summed E-state index contributed by atoms with van der Waals surface area (Å²) in [5.74, 6) is -2.34. The van der Waals surface area contributed by atoms with Crippen molar-refractivity contribution >= 4 is 17.8 Å². The molecule has 0 aliphatic carbocycles. The van der Waals surface area contributed by atoms with E-state index in [1.807, 2.05) is 6.92 Å². The quantitative estimate of drug-likeness (QED) is 0.501. The first-order chi connectivity index (χ1) is 8.92. The SMILES string of the molecule is CCNCC(C)C(=O)N[C@@H](CCC(=O)OC)C(=O)O. The van der Waals surface area contributed by atoms with E-state index in [0.29, 0.717) is 6.54 Å². The lowest BCUT2D eigenvalue weighted by Gasteiger charge is -2.17. The van der Waals surface area contributed by atoms with Gasteiger partial charge in [0.1, 0.15) is 6.04 Å². The van der Waals surface area contributed by atoms with E-state index in [9.17, 15) is 14.4 Å². The van der Waals surface area contributed by atoms with Crippen LogP contribution in [-0.2, 0) is 19.1 Å². The number of carboxylic acids is 1. The molecule has 0 heterocycles. The van der Waals surface area contributed by atoms with Crippen LogP contribution >= 0.6 is 0 Å². The van der Waals surface area contributed by atoms with Crippen molar-refractivity contribution in [2.75, 3.05) is 20.2 Å². The van der Waals surface area contributed by atoms with Gasteiger partial charge in [-0.2, -0.15) is 0 Å². The normalized spacial score (nSPS) is 13.4. The van der Waals surface area contributed by atoms with Gasteiger partial charge < -0.3 is 20.5 Å². The molecule has 0 saturated heterocycles. The first-order valence-corrected chi connectivity index (χ1v) is 6.23. The zero-order valence-corrected chi connectivity index (χ0v) is 11.6. The minimum atomic E-state index is -1.16. The van der Waals surface area contributed by atoms with Gasteiger partial charge in [-0.25, -0.2) is 4.79 Å². The highest BCUT2D eigenvalue weighted by Gasteiger charge is 2.23. The van der Waals surface area contributed by atoms with E-state index < -0.39 is 18.0 Å². The van der Waals surface area contributed by atoms with Crippen LogP contribution in [0.1, 0.15) is 26.7 Å². The van der Waals surface area contributed by atoms with Gasteiger partial charge in [0.15, 0.2) is 0 Å². The van der Waals surface area contributed by atoms with Crippen molar-refractivity contribution in [3.05, 3.63) is 0 Å². The summed E-state index contributed by atoms with van der Waals surface area (Å²) in [7, 11) is 1.23. The van der Waals surface area contributed by atoms with E-state index in [-0.39, 0.29) is 24.7 Å². The molecule has 0 aromatic rings. The molecule has 2 atom stereocenters. The second-order valence-corrected chi connectivity index (χ2v) is 4.22. The van der Waals surface area contributed by atoms with Gasteiger partial charge in [0, 0.05) is 18.9 Å². The Morgan fingerprint density at radius 1 is 1.32 bits per heavy atom. The van der Waals surface area contributed by atoms with Crippen molar-refractivity contribution in [3.8, 4) is 0 Å². The molecule has 0 aromatic heterocycles. The Bertz CT molecular complexity index is 319. The van der Waals surface area contributed by atoms with Crippen LogP contribution in [-0.4, -0.2) is 49.2 Å². The van der Waals surface area contributed by atoms with E-state index in [2.05, 4.69) is 15.4 Å². The predicted molar refractivity (Wildman–Crippen MR) is 68.5 cm³/mol. The third-order valence-electron chi connectivity index (χ3n) is 2.63. The maximum atomic E-state index is 11.7. The van der Waals surface area contributed by atoms with Gasteiger partial charge in [0.05, 0.1) is 7.11 Å². The number of carbonyl (C=O) groups is 3. The molecule has 1 amide bonds. The summed E-state index contributed by atoms with van der Waals surface area (Å²) in [6.45, 7) is 4.84. The number of ether oxygens (including phenoxy) is 1. The van der Waals surface area contributed by atoms with Crippen molar-refractivity contribution in [1.29, 1.82) is 0 Å². The number of rotatable bonds is 9. The summed E-state index contributed by atoms with van der Waals surface area (Å²) in [5.41, 5.74) is 0. The summed E-state index contributed by atoms with van der Waals surface area (Å²) in [5, 5.41) is 14.4. The number of carboxylic acid groups (broad SMARTS) is 1. The Hall–Kier alpha value is -1.63. The first kappa shape index (κ1) is 17.4. The molecule has 0 rings (SSSR count). The number of carbonyl (C=O) groups excluding carboxylic acids is 2. The van der Waals surface area contributed by atoms with E-state index >= 15 is 0 Å². The molecule has 0 fully saturated rings. The van der Waals surface area contributed by atoms with Crippen LogP contribution in [0.5, 0.6) is 0 Å². The van der Waals surface area contributed by atoms with Crippen LogP contribution in [0.4, 0.5) is 0 Å². The number of hydrogen-bond donors (Lipinski definition) is 3. The third kappa shape index (κ3) is 7.40. The fraction of sp³-hybridized carbons (Fsp3) is 0.750. The summed E-state index contributed by atoms with van der Waals surface area (Å²) in [6, 6.07) is -1.07. The fourth-order valence-corrected chi connectivity index (χ4v) is 1.39. The molecule has 0 spiro atoms. The molecule has 110 valence electrons. The summed E-state index contributed by atoms with van der Waals surface area (Å²) in [4.78, 5) is 33.7. The third-order valence-corrected chi connectivity index (χ3v) is 2.63. The fourth-order valence-electron chi connectivity index (χ4n) is 1.39. The number of hydrogen-bond acceptors (Lipinski definition) is 5. The number of methoxy groups -OCH3 is 1. The zero-order chi connectivity index (χ0) is 14.8. The van der Waals surface area contributed by atoms with Gasteiger partial charge in [-0.05, 0) is 13.0 Å². The maximum Gasteiger partial charge on any atom is 0.326 e. The van der Waals surface area contributed by atoms with Crippen LogP contribution in [0.25, 0.3) is 0 Å². The van der Waals surface area contributed by atoms with Crippen molar-refractivity contribution in [2.45, 2.75) is 32.7 Å². The molecular weight excluding hydrogens is 252 g/mol. The molecule has 1 unspecified atom stereocenters. The lowest BCUT2D eigenvalue weighted by Crippen LogP contribution is -2.45. The molecule has 7 heteroatoms. The number of aliphatic carboxylic acids is 1. The lowest BCUT2D eigenvalue weighted by molar-refractivity contribution is -0.144. The molecule has 0 radical (unpaired) electrons. The molecule has 0 aliphatic rings. The Morgan fingerprint density at radius 3 is 2.42 bits per heavy atom. The van der Waals surface area contributed by atoms with E-state index in [0.717, 1.165) is 6.54 Å². The van der Waals surface area contributed by atoms with Crippen molar-refractivity contribution < 1.29 is 24.2 Å². The van der Waals surface area contributed by atoms with E-state index in [1.54, 1.807) is 6.92 Å². The predicted octanol–water partition coefficient (Wildman–Crippen LogP) is -0.245. The molecule has 0 aromatic carbocycles. The van der Waals surface area contributed by atoms with Crippen LogP contribution in [0.3, 0.4) is 0 Å². The second-order valence-electron chi connectivity index (χ2n) is 4.22. The lowest BCUT2D eigenvalue weighted by atomic mass is 10.1. The summed E-state index contributed by atoms with van der Waals surface area (Å²) < 4.78 is 4.43. The van der Waals surface area contributed by atoms with Gasteiger partial charge in [-0.1, -0.05) is 13.8 Å². The Kier molecular flexibility index (Phi) is 8.52. The van der Waals surface area contributed by atoms with Crippen molar-refractivity contribution in [2.24, 2.45) is 5.92 Å². The number of amides is 1. The average Bonchev–Trinajstić information content (AvgIpc) is 2.39. The summed E-state index contributed by atoms with van der Waals surface area (Å²) >= 11 is 0. The van der Waals surface area contributed by atoms with Crippen molar-refractivity contribution in [3.63, 3.8) is 0 Å². The van der Waals surface area contributed by atoms with Crippen LogP contribution in [0.15, 0.2) is 0 Å². The average molecular weight is 274 g/mol. The zero-order valence-electron chi connectivity index (χ0n) is 11.6. The standard InChI is InChI=1S/C12H22N2O5/c1-4-13-7-8(2)11(16)14-9(12(17)18)5-6-10(15)19-3/h8-9,13H,4-7H2,1-3H3,(H,14,16)(H,17,18)/t8?,9-/m0/s1.